The molecule has 0 bridgehead atoms. The van der Waals surface area contributed by atoms with Gasteiger partial charge in [0, 0.05) is 5.56 Å². The predicted octanol–water partition coefficient (Wildman–Crippen LogP) is 2.49. The molecular weight excluding hydrogens is 310 g/mol. The molecule has 0 heterocycles. The number of hydrogen-bond acceptors (Lipinski definition) is 5. The van der Waals surface area contributed by atoms with Crippen LogP contribution in [0.4, 0.5) is 17.6 Å². The van der Waals surface area contributed by atoms with E-state index in [9.17, 15) is 22.4 Å². The monoisotopic (exact) mass is 325 g/mol. The number of ether oxygens (including phenoxy) is 3. The van der Waals surface area contributed by atoms with E-state index in [0.29, 0.717) is 0 Å². The van der Waals surface area contributed by atoms with Gasteiger partial charge in [-0.3, -0.25) is 0 Å². The van der Waals surface area contributed by atoms with Crippen molar-refractivity contribution in [1.29, 1.82) is 0 Å². The van der Waals surface area contributed by atoms with Gasteiger partial charge in [-0.1, -0.05) is 0 Å². The molecule has 1 aromatic rings. The Morgan fingerprint density at radius 3 is 2.50 bits per heavy atom. The summed E-state index contributed by atoms with van der Waals surface area (Å²) in [4.78, 5) is 11.3. The number of halogens is 4. The number of hydrogen-bond donors (Lipinski definition) is 1. The number of esters is 1. The summed E-state index contributed by atoms with van der Waals surface area (Å²) in [6.45, 7) is 1.43. The summed E-state index contributed by atoms with van der Waals surface area (Å²) in [6.07, 6.45) is -7.17. The third-order valence-electron chi connectivity index (χ3n) is 2.62. The molecule has 0 fully saturated rings. The molecule has 0 amide bonds. The van der Waals surface area contributed by atoms with Crippen molar-refractivity contribution < 1.29 is 36.6 Å². The molecule has 124 valence electrons. The Labute approximate surface area is 123 Å². The molecule has 2 atom stereocenters. The van der Waals surface area contributed by atoms with Gasteiger partial charge in [-0.15, -0.1) is 13.2 Å². The van der Waals surface area contributed by atoms with Gasteiger partial charge in [-0.25, -0.2) is 9.18 Å². The average Bonchev–Trinajstić information content (AvgIpc) is 2.44. The van der Waals surface area contributed by atoms with Gasteiger partial charge in [0.25, 0.3) is 0 Å². The van der Waals surface area contributed by atoms with Crippen LogP contribution in [0.1, 0.15) is 18.5 Å². The fraction of sp³-hybridized carbons (Fsp3) is 0.462. The minimum atomic E-state index is -4.91. The van der Waals surface area contributed by atoms with E-state index in [0.717, 1.165) is 18.2 Å². The molecule has 22 heavy (non-hydrogen) atoms. The third-order valence-corrected chi connectivity index (χ3v) is 2.62. The topological polar surface area (TPSA) is 70.8 Å². The average molecular weight is 325 g/mol. The number of methoxy groups -OCH3 is 1. The first kappa shape index (κ1) is 18.0. The maximum Gasteiger partial charge on any atom is 0.573 e. The number of carbonyl (C=O) groups is 1. The van der Waals surface area contributed by atoms with E-state index in [-0.39, 0.29) is 17.9 Å². The van der Waals surface area contributed by atoms with Gasteiger partial charge in [0.2, 0.25) is 6.17 Å². The molecule has 9 heteroatoms. The van der Waals surface area contributed by atoms with Gasteiger partial charge in [0.15, 0.2) is 0 Å². The van der Waals surface area contributed by atoms with Crippen LogP contribution in [-0.2, 0) is 9.53 Å². The van der Waals surface area contributed by atoms with Gasteiger partial charge >= 0.3 is 12.3 Å². The van der Waals surface area contributed by atoms with Gasteiger partial charge in [-0.2, -0.15) is 0 Å². The molecule has 0 saturated heterocycles. The van der Waals surface area contributed by atoms with Crippen LogP contribution in [0.5, 0.6) is 11.5 Å². The Kier molecular flexibility index (Phi) is 5.98. The van der Waals surface area contributed by atoms with Crippen LogP contribution < -0.4 is 15.2 Å². The first-order valence-corrected chi connectivity index (χ1v) is 6.19. The summed E-state index contributed by atoms with van der Waals surface area (Å²) < 4.78 is 63.7. The quantitative estimate of drug-likeness (QED) is 0.643. The van der Waals surface area contributed by atoms with E-state index in [1.165, 1.54) is 14.0 Å². The molecule has 0 aliphatic rings. The minimum Gasteiger partial charge on any atom is -0.496 e. The first-order chi connectivity index (χ1) is 10.2. The molecule has 0 radical (unpaired) electrons. The SMILES string of the molecule is CCOC(=O)C(F)[C@@H](N)c1cc(OC(F)(F)F)ccc1OC. The van der Waals surface area contributed by atoms with Gasteiger partial charge < -0.3 is 19.9 Å². The number of nitrogens with two attached hydrogens (primary N) is 1. The Morgan fingerprint density at radius 1 is 1.36 bits per heavy atom. The van der Waals surface area contributed by atoms with Gasteiger partial charge in [0.1, 0.15) is 11.5 Å². The molecule has 2 N–H and O–H groups in total. The van der Waals surface area contributed by atoms with Gasteiger partial charge in [-0.05, 0) is 25.1 Å². The van der Waals surface area contributed by atoms with Crippen molar-refractivity contribution in [2.75, 3.05) is 13.7 Å². The third kappa shape index (κ3) is 4.76. The Hall–Kier alpha value is -2.03. The maximum atomic E-state index is 13.9. The summed E-state index contributed by atoms with van der Waals surface area (Å²) in [5.74, 6) is -1.79. The van der Waals surface area contributed by atoms with Crippen LogP contribution in [0.15, 0.2) is 18.2 Å². The summed E-state index contributed by atoms with van der Waals surface area (Å²) >= 11 is 0. The van der Waals surface area contributed by atoms with Crippen molar-refractivity contribution in [3.05, 3.63) is 23.8 Å². The second kappa shape index (κ2) is 7.30. The van der Waals surface area contributed by atoms with Crippen molar-refractivity contribution in [3.8, 4) is 11.5 Å². The standard InChI is InChI=1S/C13H15F4NO4/c1-3-21-12(19)10(14)11(18)8-6-7(22-13(15,16)17)4-5-9(8)20-2/h4-6,10-11H,3,18H2,1-2H3/t10?,11-/m0/s1. The smallest absolute Gasteiger partial charge is 0.496 e. The number of carbonyl (C=O) groups excluding carboxylic acids is 1. The van der Waals surface area contributed by atoms with E-state index in [1.807, 2.05) is 0 Å². The summed E-state index contributed by atoms with van der Waals surface area (Å²) in [5, 5.41) is 0. The molecule has 5 nitrogen and oxygen atoms in total. The van der Waals surface area contributed by atoms with Crippen LogP contribution >= 0.6 is 0 Å². The lowest BCUT2D eigenvalue weighted by Gasteiger charge is -2.19. The predicted molar refractivity (Wildman–Crippen MR) is 68.1 cm³/mol. The zero-order valence-corrected chi connectivity index (χ0v) is 11.8. The van der Waals surface area contributed by atoms with Crippen molar-refractivity contribution in [1.82, 2.24) is 0 Å². The molecule has 0 aromatic heterocycles. The van der Waals surface area contributed by atoms with E-state index >= 15 is 0 Å². The normalized spacial score (nSPS) is 14.1. The van der Waals surface area contributed by atoms with Crippen molar-refractivity contribution in [2.24, 2.45) is 5.73 Å². The lowest BCUT2D eigenvalue weighted by Crippen LogP contribution is -2.32. The minimum absolute atomic E-state index is 0.0222. The second-order valence-electron chi connectivity index (χ2n) is 4.13. The summed E-state index contributed by atoms with van der Waals surface area (Å²) in [7, 11) is 1.23. The number of rotatable bonds is 6. The largest absolute Gasteiger partial charge is 0.573 e. The lowest BCUT2D eigenvalue weighted by atomic mass is 10.0. The van der Waals surface area contributed by atoms with Crippen LogP contribution in [0.3, 0.4) is 0 Å². The molecule has 1 unspecified atom stereocenters. The molecule has 0 saturated carbocycles. The van der Waals surface area contributed by atoms with Crippen molar-refractivity contribution in [3.63, 3.8) is 0 Å². The fourth-order valence-corrected chi connectivity index (χ4v) is 1.70. The van der Waals surface area contributed by atoms with E-state index in [1.54, 1.807) is 0 Å². The number of benzene rings is 1. The lowest BCUT2D eigenvalue weighted by molar-refractivity contribution is -0.274. The van der Waals surface area contributed by atoms with Crippen LogP contribution in [0.25, 0.3) is 0 Å². The summed E-state index contributed by atoms with van der Waals surface area (Å²) in [6, 6.07) is 1.42. The van der Waals surface area contributed by atoms with E-state index in [2.05, 4.69) is 9.47 Å². The Bertz CT molecular complexity index is 521. The highest BCUT2D eigenvalue weighted by atomic mass is 19.4. The van der Waals surface area contributed by atoms with E-state index < -0.39 is 30.3 Å². The highest BCUT2D eigenvalue weighted by Crippen LogP contribution is 2.33. The molecule has 0 spiro atoms. The number of alkyl halides is 4. The van der Waals surface area contributed by atoms with Crippen LogP contribution in [-0.4, -0.2) is 32.2 Å². The highest BCUT2D eigenvalue weighted by molar-refractivity contribution is 5.76. The molecule has 1 rings (SSSR count). The summed E-state index contributed by atoms with van der Waals surface area (Å²) in [5.41, 5.74) is 5.44. The van der Waals surface area contributed by atoms with Crippen LogP contribution in [0, 0.1) is 0 Å². The van der Waals surface area contributed by atoms with Crippen LogP contribution in [0.2, 0.25) is 0 Å². The van der Waals surface area contributed by atoms with Crippen molar-refractivity contribution >= 4 is 5.97 Å². The Morgan fingerprint density at radius 2 is 2.00 bits per heavy atom. The molecule has 0 aliphatic carbocycles. The van der Waals surface area contributed by atoms with Crippen molar-refractivity contribution in [2.45, 2.75) is 25.5 Å². The zero-order valence-electron chi connectivity index (χ0n) is 11.8. The zero-order chi connectivity index (χ0) is 16.9. The second-order valence-corrected chi connectivity index (χ2v) is 4.13. The molecule has 1 aromatic carbocycles. The van der Waals surface area contributed by atoms with E-state index in [4.69, 9.17) is 10.5 Å². The maximum absolute atomic E-state index is 13.9. The van der Waals surface area contributed by atoms with Gasteiger partial charge in [0.05, 0.1) is 19.8 Å². The highest BCUT2D eigenvalue weighted by Gasteiger charge is 2.33. The molecular formula is C13H15F4NO4. The fourth-order valence-electron chi connectivity index (χ4n) is 1.70. The Balaban J connectivity index is 3.09. The first-order valence-electron chi connectivity index (χ1n) is 6.19. The molecule has 0 aliphatic heterocycles.